The van der Waals surface area contributed by atoms with Crippen molar-refractivity contribution in [3.05, 3.63) is 48.5 Å². The second-order valence-corrected chi connectivity index (χ2v) is 4.69. The van der Waals surface area contributed by atoms with Gasteiger partial charge in [-0.05, 0) is 24.3 Å². The number of hydrogen-bond acceptors (Lipinski definition) is 5. The first-order valence-corrected chi connectivity index (χ1v) is 6.39. The number of aliphatic hydroxyl groups is 3. The molecule has 6 heteroatoms. The van der Waals surface area contributed by atoms with E-state index in [4.69, 9.17) is 0 Å². The predicted octanol–water partition coefficient (Wildman–Crippen LogP) is -0.322. The highest BCUT2D eigenvalue weighted by Crippen LogP contribution is 2.12. The first-order valence-electron chi connectivity index (χ1n) is 6.39. The quantitative estimate of drug-likeness (QED) is 0.557. The Bertz CT molecular complexity index is 515. The molecule has 0 saturated heterocycles. The third-order valence-corrected chi connectivity index (χ3v) is 3.31. The lowest BCUT2D eigenvalue weighted by molar-refractivity contribution is 0.0411. The van der Waals surface area contributed by atoms with Crippen LogP contribution in [0.15, 0.2) is 42.9 Å². The van der Waals surface area contributed by atoms with Gasteiger partial charge in [0.2, 0.25) is 0 Å². The molecule has 0 aliphatic rings. The first kappa shape index (κ1) is 14.7. The molecule has 108 valence electrons. The van der Waals surface area contributed by atoms with Crippen molar-refractivity contribution in [1.82, 2.24) is 14.9 Å². The minimum absolute atomic E-state index is 0.340. The normalized spacial score (nSPS) is 11.8. The SMILES string of the molecule is OCC(CO)(CO)NCc1cccn1-c1cccnc1. The van der Waals surface area contributed by atoms with Gasteiger partial charge < -0.3 is 19.9 Å². The molecule has 6 nitrogen and oxygen atoms in total. The first-order chi connectivity index (χ1) is 9.74. The van der Waals surface area contributed by atoms with Crippen LogP contribution in [0, 0.1) is 0 Å². The fourth-order valence-corrected chi connectivity index (χ4v) is 1.90. The third-order valence-electron chi connectivity index (χ3n) is 3.31. The maximum atomic E-state index is 9.29. The van der Waals surface area contributed by atoms with Crippen LogP contribution in [0.1, 0.15) is 5.69 Å². The van der Waals surface area contributed by atoms with Gasteiger partial charge in [-0.1, -0.05) is 0 Å². The summed E-state index contributed by atoms with van der Waals surface area (Å²) in [6.45, 7) is -0.613. The largest absolute Gasteiger partial charge is 0.394 e. The van der Waals surface area contributed by atoms with Crippen molar-refractivity contribution in [1.29, 1.82) is 0 Å². The number of aliphatic hydroxyl groups excluding tert-OH is 3. The van der Waals surface area contributed by atoms with Crippen molar-refractivity contribution in [2.45, 2.75) is 12.1 Å². The van der Waals surface area contributed by atoms with Gasteiger partial charge in [0.15, 0.2) is 0 Å². The Labute approximate surface area is 117 Å². The molecular weight excluding hydrogens is 258 g/mol. The van der Waals surface area contributed by atoms with Crippen LogP contribution in [-0.2, 0) is 6.54 Å². The average Bonchev–Trinajstić information content (AvgIpc) is 2.99. The molecule has 0 radical (unpaired) electrons. The smallest absolute Gasteiger partial charge is 0.0884 e. The van der Waals surface area contributed by atoms with E-state index in [1.165, 1.54) is 0 Å². The van der Waals surface area contributed by atoms with Crippen LogP contribution in [0.3, 0.4) is 0 Å². The average molecular weight is 277 g/mol. The Morgan fingerprint density at radius 1 is 1.10 bits per heavy atom. The summed E-state index contributed by atoms with van der Waals surface area (Å²) in [5.41, 5.74) is 0.791. The molecule has 2 aromatic rings. The summed E-state index contributed by atoms with van der Waals surface area (Å²) in [6, 6.07) is 7.62. The molecule has 0 aromatic carbocycles. The minimum Gasteiger partial charge on any atom is -0.394 e. The number of rotatable bonds is 7. The summed E-state index contributed by atoms with van der Waals surface area (Å²) in [7, 11) is 0. The maximum absolute atomic E-state index is 9.29. The molecule has 0 spiro atoms. The van der Waals surface area contributed by atoms with Crippen molar-refractivity contribution in [2.75, 3.05) is 19.8 Å². The molecule has 0 bridgehead atoms. The van der Waals surface area contributed by atoms with Crippen LogP contribution in [-0.4, -0.2) is 50.2 Å². The van der Waals surface area contributed by atoms with Crippen LogP contribution in [0.2, 0.25) is 0 Å². The lowest BCUT2D eigenvalue weighted by Crippen LogP contribution is -2.54. The highest BCUT2D eigenvalue weighted by atomic mass is 16.3. The molecule has 0 atom stereocenters. The number of hydrogen-bond donors (Lipinski definition) is 4. The number of nitrogens with zero attached hydrogens (tertiary/aromatic N) is 2. The molecule has 0 aliphatic carbocycles. The second-order valence-electron chi connectivity index (χ2n) is 4.69. The van der Waals surface area contributed by atoms with Crippen LogP contribution in [0.25, 0.3) is 5.69 Å². The Kier molecular flexibility index (Phi) is 4.86. The van der Waals surface area contributed by atoms with Gasteiger partial charge in [-0.3, -0.25) is 10.3 Å². The molecule has 0 amide bonds. The summed E-state index contributed by atoms with van der Waals surface area (Å²) in [6.07, 6.45) is 5.37. The zero-order chi connectivity index (χ0) is 14.4. The van der Waals surface area contributed by atoms with Gasteiger partial charge in [0.25, 0.3) is 0 Å². The van der Waals surface area contributed by atoms with Gasteiger partial charge >= 0.3 is 0 Å². The topological polar surface area (TPSA) is 90.5 Å². The van der Waals surface area contributed by atoms with Crippen molar-refractivity contribution in [3.63, 3.8) is 0 Å². The maximum Gasteiger partial charge on any atom is 0.0884 e. The molecule has 2 rings (SSSR count). The van der Waals surface area contributed by atoms with Crippen molar-refractivity contribution in [3.8, 4) is 5.69 Å². The van der Waals surface area contributed by atoms with Crippen molar-refractivity contribution < 1.29 is 15.3 Å². The van der Waals surface area contributed by atoms with Crippen LogP contribution >= 0.6 is 0 Å². The number of nitrogens with one attached hydrogen (secondary N) is 1. The molecular formula is C14H19N3O3. The number of pyridine rings is 1. The molecule has 0 fully saturated rings. The highest BCUT2D eigenvalue weighted by Gasteiger charge is 2.27. The molecule has 0 unspecified atom stereocenters. The van der Waals surface area contributed by atoms with E-state index in [-0.39, 0.29) is 19.8 Å². The summed E-state index contributed by atoms with van der Waals surface area (Å²) < 4.78 is 1.96. The number of aromatic nitrogens is 2. The van der Waals surface area contributed by atoms with Crippen molar-refractivity contribution >= 4 is 0 Å². The van der Waals surface area contributed by atoms with Crippen LogP contribution in [0.4, 0.5) is 0 Å². The summed E-state index contributed by atoms with van der Waals surface area (Å²) in [4.78, 5) is 4.08. The lowest BCUT2D eigenvalue weighted by Gasteiger charge is -2.29. The van der Waals surface area contributed by atoms with Gasteiger partial charge in [0, 0.05) is 24.6 Å². The van der Waals surface area contributed by atoms with Crippen LogP contribution in [0.5, 0.6) is 0 Å². The summed E-state index contributed by atoms with van der Waals surface area (Å²) >= 11 is 0. The van der Waals surface area contributed by atoms with E-state index in [9.17, 15) is 15.3 Å². The van der Waals surface area contributed by atoms with Gasteiger partial charge in [0.1, 0.15) is 0 Å². The van der Waals surface area contributed by atoms with E-state index in [1.807, 2.05) is 35.0 Å². The molecule has 2 heterocycles. The molecule has 20 heavy (non-hydrogen) atoms. The van der Waals surface area contributed by atoms with E-state index >= 15 is 0 Å². The molecule has 0 aliphatic heterocycles. The third kappa shape index (κ3) is 3.05. The minimum atomic E-state index is -1.08. The van der Waals surface area contributed by atoms with E-state index in [0.29, 0.717) is 6.54 Å². The van der Waals surface area contributed by atoms with Crippen LogP contribution < -0.4 is 5.32 Å². The Morgan fingerprint density at radius 3 is 2.45 bits per heavy atom. The fourth-order valence-electron chi connectivity index (χ4n) is 1.90. The predicted molar refractivity (Wildman–Crippen MR) is 74.4 cm³/mol. The fraction of sp³-hybridized carbons (Fsp3) is 0.357. The van der Waals surface area contributed by atoms with E-state index < -0.39 is 5.54 Å². The second kappa shape index (κ2) is 6.62. The van der Waals surface area contributed by atoms with Gasteiger partial charge in [-0.2, -0.15) is 0 Å². The lowest BCUT2D eigenvalue weighted by atomic mass is 10.0. The Balaban J connectivity index is 2.14. The Morgan fingerprint density at radius 2 is 1.85 bits per heavy atom. The molecule has 2 aromatic heterocycles. The zero-order valence-corrected chi connectivity index (χ0v) is 11.1. The summed E-state index contributed by atoms with van der Waals surface area (Å²) in [5.74, 6) is 0. The Hall–Kier alpha value is -1.73. The zero-order valence-electron chi connectivity index (χ0n) is 11.1. The highest BCUT2D eigenvalue weighted by molar-refractivity contribution is 5.32. The molecule has 0 saturated carbocycles. The van der Waals surface area contributed by atoms with E-state index in [1.54, 1.807) is 12.4 Å². The molecule has 4 N–H and O–H groups in total. The van der Waals surface area contributed by atoms with Gasteiger partial charge in [-0.15, -0.1) is 0 Å². The summed E-state index contributed by atoms with van der Waals surface area (Å²) in [5, 5.41) is 30.9. The monoisotopic (exact) mass is 277 g/mol. The van der Waals surface area contributed by atoms with Crippen molar-refractivity contribution in [2.24, 2.45) is 0 Å². The van der Waals surface area contributed by atoms with E-state index in [0.717, 1.165) is 11.4 Å². The van der Waals surface area contributed by atoms with Gasteiger partial charge in [-0.25, -0.2) is 0 Å². The standard InChI is InChI=1S/C14H19N3O3/c18-9-14(10-19,11-20)16-8-13-4-2-6-17(13)12-3-1-5-15-7-12/h1-7,16,18-20H,8-11H2. The van der Waals surface area contributed by atoms with Gasteiger partial charge in [0.05, 0.1) is 37.2 Å². The van der Waals surface area contributed by atoms with E-state index in [2.05, 4.69) is 10.3 Å².